The van der Waals surface area contributed by atoms with Crippen molar-refractivity contribution in [2.45, 2.75) is 24.9 Å². The van der Waals surface area contributed by atoms with Crippen LogP contribution in [0.5, 0.6) is 0 Å². The Morgan fingerprint density at radius 1 is 1.25 bits per heavy atom. The van der Waals surface area contributed by atoms with Crippen LogP contribution in [0.1, 0.15) is 23.3 Å². The second-order valence-corrected chi connectivity index (χ2v) is 6.03. The van der Waals surface area contributed by atoms with Crippen LogP contribution in [-0.4, -0.2) is 12.5 Å². The smallest absolute Gasteiger partial charge is 0.246 e. The second kappa shape index (κ2) is 5.77. The largest absolute Gasteiger partial charge is 0.350 e. The molecule has 2 aromatic rings. The van der Waals surface area contributed by atoms with Crippen molar-refractivity contribution in [2.75, 3.05) is 6.54 Å². The third-order valence-corrected chi connectivity index (χ3v) is 4.81. The molecule has 1 atom stereocenters. The van der Waals surface area contributed by atoms with Crippen molar-refractivity contribution in [3.05, 3.63) is 58.3 Å². The molecule has 1 aliphatic heterocycles. The van der Waals surface area contributed by atoms with Gasteiger partial charge in [-0.25, -0.2) is 0 Å². The summed E-state index contributed by atoms with van der Waals surface area (Å²) in [6.45, 7) is 1.48. The normalized spacial score (nSPS) is 21.8. The van der Waals surface area contributed by atoms with E-state index in [1.165, 1.54) is 0 Å². The molecule has 4 heteroatoms. The van der Waals surface area contributed by atoms with Crippen molar-refractivity contribution in [1.29, 1.82) is 0 Å². The first-order valence-corrected chi connectivity index (χ1v) is 7.80. The molecule has 3 rings (SSSR count). The van der Waals surface area contributed by atoms with Gasteiger partial charge in [-0.1, -0.05) is 36.4 Å². The molecule has 1 aromatic heterocycles. The Morgan fingerprint density at radius 2 is 2.10 bits per heavy atom. The maximum atomic E-state index is 12.7. The highest BCUT2D eigenvalue weighted by atomic mass is 32.1. The van der Waals surface area contributed by atoms with Crippen LogP contribution < -0.4 is 10.6 Å². The second-order valence-electron chi connectivity index (χ2n) is 5.08. The molecule has 1 aliphatic rings. The average molecular weight is 286 g/mol. The summed E-state index contributed by atoms with van der Waals surface area (Å²) in [7, 11) is 0. The average Bonchev–Trinajstić information content (AvgIpc) is 3.17. The standard InChI is InChI=1S/C16H18N2OS/c19-15(17-12-13-6-2-1-3-7-13)16(9-5-10-18-16)14-8-4-11-20-14/h1-4,6-8,11,18H,5,9-10,12H2,(H,17,19)/t16-/m1/s1. The maximum absolute atomic E-state index is 12.7. The lowest BCUT2D eigenvalue weighted by atomic mass is 9.94. The number of hydrogen-bond acceptors (Lipinski definition) is 3. The number of hydrogen-bond donors (Lipinski definition) is 2. The first-order valence-electron chi connectivity index (χ1n) is 6.92. The van der Waals surface area contributed by atoms with Gasteiger partial charge in [0.05, 0.1) is 0 Å². The fourth-order valence-electron chi connectivity index (χ4n) is 2.71. The molecule has 0 radical (unpaired) electrons. The van der Waals surface area contributed by atoms with Crippen molar-refractivity contribution in [3.8, 4) is 0 Å². The molecule has 20 heavy (non-hydrogen) atoms. The van der Waals surface area contributed by atoms with Crippen molar-refractivity contribution >= 4 is 17.2 Å². The lowest BCUT2D eigenvalue weighted by molar-refractivity contribution is -0.127. The minimum Gasteiger partial charge on any atom is -0.350 e. The summed E-state index contributed by atoms with van der Waals surface area (Å²) in [4.78, 5) is 13.8. The van der Waals surface area contributed by atoms with Crippen LogP contribution in [0.15, 0.2) is 47.8 Å². The molecule has 2 N–H and O–H groups in total. The van der Waals surface area contributed by atoms with Crippen molar-refractivity contribution in [2.24, 2.45) is 0 Å². The lowest BCUT2D eigenvalue weighted by Crippen LogP contribution is -2.50. The van der Waals surface area contributed by atoms with Gasteiger partial charge in [0, 0.05) is 11.4 Å². The van der Waals surface area contributed by atoms with Crippen LogP contribution in [0, 0.1) is 0 Å². The molecule has 0 saturated carbocycles. The zero-order chi connectivity index (χ0) is 13.8. The first-order chi connectivity index (χ1) is 9.81. The molecule has 1 fully saturated rings. The van der Waals surface area contributed by atoms with Crippen molar-refractivity contribution in [3.63, 3.8) is 0 Å². The summed E-state index contributed by atoms with van der Waals surface area (Å²) in [6.07, 6.45) is 1.91. The van der Waals surface area contributed by atoms with E-state index in [2.05, 4.69) is 10.6 Å². The number of rotatable bonds is 4. The Kier molecular flexibility index (Phi) is 3.85. The minimum absolute atomic E-state index is 0.0845. The lowest BCUT2D eigenvalue weighted by Gasteiger charge is -2.27. The molecule has 1 amide bonds. The summed E-state index contributed by atoms with van der Waals surface area (Å²) in [5.74, 6) is 0.0845. The summed E-state index contributed by atoms with van der Waals surface area (Å²) in [5, 5.41) is 8.51. The van der Waals surface area contributed by atoms with Crippen molar-refractivity contribution in [1.82, 2.24) is 10.6 Å². The van der Waals surface area contributed by atoms with E-state index < -0.39 is 5.54 Å². The van der Waals surface area contributed by atoms with Gasteiger partial charge in [-0.15, -0.1) is 11.3 Å². The van der Waals surface area contributed by atoms with E-state index in [4.69, 9.17) is 0 Å². The number of carbonyl (C=O) groups is 1. The van der Waals surface area contributed by atoms with E-state index >= 15 is 0 Å². The highest BCUT2D eigenvalue weighted by Gasteiger charge is 2.43. The van der Waals surface area contributed by atoms with Gasteiger partial charge in [0.25, 0.3) is 0 Å². The van der Waals surface area contributed by atoms with Gasteiger partial charge >= 0.3 is 0 Å². The first kappa shape index (κ1) is 13.3. The van der Waals surface area contributed by atoms with Crippen LogP contribution in [0.2, 0.25) is 0 Å². The van der Waals surface area contributed by atoms with Crippen molar-refractivity contribution < 1.29 is 4.79 Å². The van der Waals surface area contributed by atoms with E-state index in [-0.39, 0.29) is 5.91 Å². The van der Waals surface area contributed by atoms with Gasteiger partial charge in [-0.05, 0) is 36.4 Å². The predicted octanol–water partition coefficient (Wildman–Crippen LogP) is 2.64. The molecule has 3 nitrogen and oxygen atoms in total. The van der Waals surface area contributed by atoms with Crippen LogP contribution >= 0.6 is 11.3 Å². The Bertz CT molecular complexity index is 559. The summed E-state index contributed by atoms with van der Waals surface area (Å²) in [6, 6.07) is 14.1. The molecule has 0 bridgehead atoms. The van der Waals surface area contributed by atoms with Gasteiger partial charge in [0.1, 0.15) is 5.54 Å². The highest BCUT2D eigenvalue weighted by molar-refractivity contribution is 7.10. The zero-order valence-electron chi connectivity index (χ0n) is 11.3. The topological polar surface area (TPSA) is 41.1 Å². The third kappa shape index (κ3) is 2.49. The monoisotopic (exact) mass is 286 g/mol. The quantitative estimate of drug-likeness (QED) is 0.907. The molecule has 2 heterocycles. The summed E-state index contributed by atoms with van der Waals surface area (Å²) < 4.78 is 0. The van der Waals surface area contributed by atoms with E-state index in [0.29, 0.717) is 6.54 Å². The fourth-order valence-corrected chi connectivity index (χ4v) is 3.64. The number of benzene rings is 1. The van der Waals surface area contributed by atoms with E-state index in [9.17, 15) is 4.79 Å². The molecule has 1 saturated heterocycles. The van der Waals surface area contributed by atoms with Crippen LogP contribution in [0.3, 0.4) is 0 Å². The molecule has 0 aliphatic carbocycles. The van der Waals surface area contributed by atoms with Gasteiger partial charge in [0.15, 0.2) is 0 Å². The van der Waals surface area contributed by atoms with E-state index in [0.717, 1.165) is 29.8 Å². The molecular formula is C16H18N2OS. The Labute approximate surface area is 123 Å². The molecule has 1 aromatic carbocycles. The fraction of sp³-hybridized carbons (Fsp3) is 0.312. The summed E-state index contributed by atoms with van der Waals surface area (Å²) >= 11 is 1.65. The molecule has 0 unspecified atom stereocenters. The van der Waals surface area contributed by atoms with Crippen LogP contribution in [-0.2, 0) is 16.9 Å². The number of amides is 1. The third-order valence-electron chi connectivity index (χ3n) is 3.78. The molecule has 0 spiro atoms. The Morgan fingerprint density at radius 3 is 2.75 bits per heavy atom. The van der Waals surface area contributed by atoms with Gasteiger partial charge in [-0.2, -0.15) is 0 Å². The van der Waals surface area contributed by atoms with Gasteiger partial charge in [-0.3, -0.25) is 10.1 Å². The predicted molar refractivity (Wildman–Crippen MR) is 81.5 cm³/mol. The molecular weight excluding hydrogens is 268 g/mol. The maximum Gasteiger partial charge on any atom is 0.246 e. The zero-order valence-corrected chi connectivity index (χ0v) is 12.1. The van der Waals surface area contributed by atoms with Gasteiger partial charge < -0.3 is 5.32 Å². The SMILES string of the molecule is O=C(NCc1ccccc1)[C@]1(c2cccs2)CCCN1. The van der Waals surface area contributed by atoms with E-state index in [1.807, 2.05) is 47.8 Å². The van der Waals surface area contributed by atoms with Crippen LogP contribution in [0.25, 0.3) is 0 Å². The number of nitrogens with one attached hydrogen (secondary N) is 2. The number of carbonyl (C=O) groups excluding carboxylic acids is 1. The van der Waals surface area contributed by atoms with Crippen LogP contribution in [0.4, 0.5) is 0 Å². The number of thiophene rings is 1. The molecule has 104 valence electrons. The Hall–Kier alpha value is -1.65. The van der Waals surface area contributed by atoms with Gasteiger partial charge in [0.2, 0.25) is 5.91 Å². The Balaban J connectivity index is 1.74. The van der Waals surface area contributed by atoms with E-state index in [1.54, 1.807) is 11.3 Å². The summed E-state index contributed by atoms with van der Waals surface area (Å²) in [5.41, 5.74) is 0.600. The highest BCUT2D eigenvalue weighted by Crippen LogP contribution is 2.34. The minimum atomic E-state index is -0.525.